The molecule has 0 unspecified atom stereocenters. The zero-order valence-electron chi connectivity index (χ0n) is 15.3. The van der Waals surface area contributed by atoms with Gasteiger partial charge in [-0.05, 0) is 56.6 Å². The second-order valence-corrected chi connectivity index (χ2v) is 6.85. The average Bonchev–Trinajstić information content (AvgIpc) is 2.61. The molecule has 0 aliphatic carbocycles. The van der Waals surface area contributed by atoms with E-state index in [9.17, 15) is 0 Å². The van der Waals surface area contributed by atoms with Gasteiger partial charge in [0.15, 0.2) is 11.5 Å². The number of halogens is 1. The molecule has 0 radical (unpaired) electrons. The van der Waals surface area contributed by atoms with Crippen LogP contribution >= 0.6 is 15.9 Å². The Hall–Kier alpha value is -1.72. The minimum Gasteiger partial charge on any atom is -0.497 e. The summed E-state index contributed by atoms with van der Waals surface area (Å²) in [5.41, 5.74) is 2.35. The van der Waals surface area contributed by atoms with E-state index in [1.807, 2.05) is 38.1 Å². The summed E-state index contributed by atoms with van der Waals surface area (Å²) in [6.45, 7) is 5.61. The second kappa shape index (κ2) is 9.68. The monoisotopic (exact) mass is 407 g/mol. The maximum Gasteiger partial charge on any atom is 0.167 e. The van der Waals surface area contributed by atoms with E-state index >= 15 is 0 Å². The fourth-order valence-corrected chi connectivity index (χ4v) is 2.96. The van der Waals surface area contributed by atoms with Gasteiger partial charge >= 0.3 is 0 Å². The smallest absolute Gasteiger partial charge is 0.167 e. The number of methoxy groups -OCH3 is 2. The predicted octanol–water partition coefficient (Wildman–Crippen LogP) is 4.59. The molecule has 0 atom stereocenters. The van der Waals surface area contributed by atoms with Crippen LogP contribution in [0.1, 0.15) is 25.0 Å². The van der Waals surface area contributed by atoms with Crippen molar-refractivity contribution < 1.29 is 14.2 Å². The number of nitrogens with one attached hydrogen (secondary N) is 1. The molecule has 5 heteroatoms. The Morgan fingerprint density at radius 3 is 2.32 bits per heavy atom. The number of hydrogen-bond acceptors (Lipinski definition) is 4. The normalized spacial score (nSPS) is 10.8. The zero-order valence-corrected chi connectivity index (χ0v) is 16.9. The quantitative estimate of drug-likeness (QED) is 0.617. The molecule has 0 fully saturated rings. The lowest BCUT2D eigenvalue weighted by Gasteiger charge is -2.19. The number of benzene rings is 2. The molecule has 2 rings (SSSR count). The Balaban J connectivity index is 1.99. The minimum atomic E-state index is 0.0845. The Bertz CT molecular complexity index is 671. The standard InChI is InChI=1S/C20H26BrNO3/c1-14(2)25-20-17(18(21)9-10-19(20)24-4)13-22-12-11-15-5-7-16(23-3)8-6-15/h5-10,14,22H,11-13H2,1-4H3. The van der Waals surface area contributed by atoms with Crippen molar-refractivity contribution in [1.82, 2.24) is 5.32 Å². The SMILES string of the molecule is COc1ccc(CCNCc2c(Br)ccc(OC)c2OC(C)C)cc1. The van der Waals surface area contributed by atoms with Gasteiger partial charge in [-0.1, -0.05) is 28.1 Å². The van der Waals surface area contributed by atoms with E-state index in [-0.39, 0.29) is 6.10 Å². The van der Waals surface area contributed by atoms with Gasteiger partial charge in [-0.25, -0.2) is 0 Å². The van der Waals surface area contributed by atoms with Crippen molar-refractivity contribution in [3.63, 3.8) is 0 Å². The third kappa shape index (κ3) is 5.65. The molecule has 25 heavy (non-hydrogen) atoms. The van der Waals surface area contributed by atoms with Gasteiger partial charge in [-0.15, -0.1) is 0 Å². The van der Waals surface area contributed by atoms with Gasteiger partial charge in [-0.3, -0.25) is 0 Å². The third-order valence-electron chi connectivity index (χ3n) is 3.79. The summed E-state index contributed by atoms with van der Waals surface area (Å²) in [6, 6.07) is 12.1. The van der Waals surface area contributed by atoms with Crippen LogP contribution in [-0.2, 0) is 13.0 Å². The Labute approximate surface area is 158 Å². The number of ether oxygens (including phenoxy) is 3. The molecule has 0 aliphatic rings. The van der Waals surface area contributed by atoms with Crippen LogP contribution in [0.25, 0.3) is 0 Å². The molecule has 4 nitrogen and oxygen atoms in total. The molecule has 0 amide bonds. The van der Waals surface area contributed by atoms with Crippen molar-refractivity contribution in [1.29, 1.82) is 0 Å². The van der Waals surface area contributed by atoms with Crippen LogP contribution < -0.4 is 19.5 Å². The van der Waals surface area contributed by atoms with Crippen LogP contribution in [-0.4, -0.2) is 26.9 Å². The Kier molecular flexibility index (Phi) is 7.59. The lowest BCUT2D eigenvalue weighted by Crippen LogP contribution is -2.19. The topological polar surface area (TPSA) is 39.7 Å². The number of hydrogen-bond donors (Lipinski definition) is 1. The number of rotatable bonds is 9. The molecule has 0 aromatic heterocycles. The molecule has 0 bridgehead atoms. The summed E-state index contributed by atoms with van der Waals surface area (Å²) in [7, 11) is 3.34. The van der Waals surface area contributed by atoms with E-state index in [4.69, 9.17) is 14.2 Å². The highest BCUT2D eigenvalue weighted by atomic mass is 79.9. The summed E-state index contributed by atoms with van der Waals surface area (Å²) in [4.78, 5) is 0. The third-order valence-corrected chi connectivity index (χ3v) is 4.53. The summed E-state index contributed by atoms with van der Waals surface area (Å²) in [6.07, 6.45) is 1.03. The maximum absolute atomic E-state index is 5.98. The van der Waals surface area contributed by atoms with E-state index in [0.29, 0.717) is 6.54 Å². The fourth-order valence-electron chi connectivity index (χ4n) is 2.51. The average molecular weight is 408 g/mol. The Morgan fingerprint density at radius 1 is 1.00 bits per heavy atom. The molecular formula is C20H26BrNO3. The molecule has 0 heterocycles. The highest BCUT2D eigenvalue weighted by Crippen LogP contribution is 2.36. The largest absolute Gasteiger partial charge is 0.497 e. The predicted molar refractivity (Wildman–Crippen MR) is 105 cm³/mol. The van der Waals surface area contributed by atoms with Crippen molar-refractivity contribution in [2.75, 3.05) is 20.8 Å². The van der Waals surface area contributed by atoms with Crippen molar-refractivity contribution in [3.8, 4) is 17.2 Å². The lowest BCUT2D eigenvalue weighted by molar-refractivity contribution is 0.227. The first-order chi connectivity index (χ1) is 12.0. The van der Waals surface area contributed by atoms with Gasteiger partial charge in [0.25, 0.3) is 0 Å². The molecule has 0 aliphatic heterocycles. The van der Waals surface area contributed by atoms with Gasteiger partial charge in [0.2, 0.25) is 0 Å². The van der Waals surface area contributed by atoms with E-state index in [1.54, 1.807) is 14.2 Å². The van der Waals surface area contributed by atoms with Gasteiger partial charge in [0, 0.05) is 16.6 Å². The van der Waals surface area contributed by atoms with Crippen LogP contribution in [0, 0.1) is 0 Å². The molecular weight excluding hydrogens is 382 g/mol. The van der Waals surface area contributed by atoms with Crippen molar-refractivity contribution in [3.05, 3.63) is 52.0 Å². The van der Waals surface area contributed by atoms with E-state index in [1.165, 1.54) is 5.56 Å². The summed E-state index contributed by atoms with van der Waals surface area (Å²) < 4.78 is 17.6. The van der Waals surface area contributed by atoms with Crippen LogP contribution in [0.2, 0.25) is 0 Å². The molecule has 1 N–H and O–H groups in total. The summed E-state index contributed by atoms with van der Waals surface area (Å²) >= 11 is 3.62. The van der Waals surface area contributed by atoms with Crippen molar-refractivity contribution in [2.24, 2.45) is 0 Å². The lowest BCUT2D eigenvalue weighted by atomic mass is 10.1. The second-order valence-electron chi connectivity index (χ2n) is 6.00. The first-order valence-electron chi connectivity index (χ1n) is 8.40. The van der Waals surface area contributed by atoms with Gasteiger partial charge in [0.05, 0.1) is 20.3 Å². The Morgan fingerprint density at radius 2 is 1.72 bits per heavy atom. The van der Waals surface area contributed by atoms with Crippen LogP contribution in [0.3, 0.4) is 0 Å². The van der Waals surface area contributed by atoms with E-state index < -0.39 is 0 Å². The molecule has 0 saturated heterocycles. The minimum absolute atomic E-state index is 0.0845. The molecule has 0 spiro atoms. The highest BCUT2D eigenvalue weighted by molar-refractivity contribution is 9.10. The zero-order chi connectivity index (χ0) is 18.2. The van der Waals surface area contributed by atoms with Gasteiger partial charge < -0.3 is 19.5 Å². The molecule has 2 aromatic carbocycles. The van der Waals surface area contributed by atoms with Crippen LogP contribution in [0.5, 0.6) is 17.2 Å². The molecule has 2 aromatic rings. The summed E-state index contributed by atoms with van der Waals surface area (Å²) in [5, 5.41) is 3.49. The molecule has 136 valence electrons. The van der Waals surface area contributed by atoms with E-state index in [0.717, 1.165) is 40.3 Å². The fraction of sp³-hybridized carbons (Fsp3) is 0.400. The van der Waals surface area contributed by atoms with Crippen LogP contribution in [0.4, 0.5) is 0 Å². The van der Waals surface area contributed by atoms with Crippen molar-refractivity contribution >= 4 is 15.9 Å². The van der Waals surface area contributed by atoms with E-state index in [2.05, 4.69) is 33.4 Å². The molecule has 0 saturated carbocycles. The van der Waals surface area contributed by atoms with Gasteiger partial charge in [0.1, 0.15) is 5.75 Å². The van der Waals surface area contributed by atoms with Crippen LogP contribution in [0.15, 0.2) is 40.9 Å². The maximum atomic E-state index is 5.98. The summed E-state index contributed by atoms with van der Waals surface area (Å²) in [5.74, 6) is 2.43. The van der Waals surface area contributed by atoms with Gasteiger partial charge in [-0.2, -0.15) is 0 Å². The van der Waals surface area contributed by atoms with Crippen molar-refractivity contribution in [2.45, 2.75) is 32.9 Å². The first-order valence-corrected chi connectivity index (χ1v) is 9.20. The first kappa shape index (κ1) is 19.6. The highest BCUT2D eigenvalue weighted by Gasteiger charge is 2.15.